The SMILES string of the molecule is CCCS(=O)(=O)Oc1cccnc1. The number of hydrogen-bond acceptors (Lipinski definition) is 4. The van der Waals surface area contributed by atoms with E-state index in [9.17, 15) is 8.42 Å². The first-order valence-electron chi connectivity index (χ1n) is 3.96. The summed E-state index contributed by atoms with van der Waals surface area (Å²) in [5.74, 6) is 0.290. The minimum absolute atomic E-state index is 0.0297. The van der Waals surface area contributed by atoms with Gasteiger partial charge in [-0.05, 0) is 18.6 Å². The number of hydrogen-bond donors (Lipinski definition) is 0. The van der Waals surface area contributed by atoms with Crippen LogP contribution in [0.4, 0.5) is 0 Å². The van der Waals surface area contributed by atoms with Crippen molar-refractivity contribution < 1.29 is 12.6 Å². The smallest absolute Gasteiger partial charge is 0.309 e. The van der Waals surface area contributed by atoms with Gasteiger partial charge in [0.1, 0.15) is 0 Å². The minimum atomic E-state index is -3.42. The van der Waals surface area contributed by atoms with Crippen LogP contribution in [0, 0.1) is 0 Å². The van der Waals surface area contributed by atoms with Crippen LogP contribution in [0.2, 0.25) is 0 Å². The van der Waals surface area contributed by atoms with Gasteiger partial charge in [0.05, 0.1) is 11.9 Å². The van der Waals surface area contributed by atoms with Gasteiger partial charge in [0.15, 0.2) is 5.75 Å². The van der Waals surface area contributed by atoms with Crippen molar-refractivity contribution in [1.82, 2.24) is 4.98 Å². The summed E-state index contributed by atoms with van der Waals surface area (Å²) >= 11 is 0. The van der Waals surface area contributed by atoms with E-state index in [1.54, 1.807) is 25.3 Å². The molecule has 0 N–H and O–H groups in total. The van der Waals surface area contributed by atoms with Crippen molar-refractivity contribution in [2.24, 2.45) is 0 Å². The van der Waals surface area contributed by atoms with Crippen LogP contribution in [0.25, 0.3) is 0 Å². The summed E-state index contributed by atoms with van der Waals surface area (Å²) < 4.78 is 27.1. The van der Waals surface area contributed by atoms with Crippen molar-refractivity contribution in [3.8, 4) is 5.75 Å². The lowest BCUT2D eigenvalue weighted by Gasteiger charge is -2.03. The molecule has 0 aliphatic carbocycles. The molecule has 1 rings (SSSR count). The Balaban J connectivity index is 2.70. The van der Waals surface area contributed by atoms with Gasteiger partial charge in [-0.1, -0.05) is 6.92 Å². The molecular formula is C8H11NO3S. The van der Waals surface area contributed by atoms with E-state index in [2.05, 4.69) is 4.98 Å². The molecule has 0 aliphatic heterocycles. The molecule has 1 heterocycles. The Hall–Kier alpha value is -1.10. The molecule has 0 aliphatic rings. The van der Waals surface area contributed by atoms with Gasteiger partial charge < -0.3 is 4.18 Å². The lowest BCUT2D eigenvalue weighted by Crippen LogP contribution is -2.13. The molecule has 1 aromatic heterocycles. The summed E-state index contributed by atoms with van der Waals surface area (Å²) in [6.45, 7) is 1.78. The van der Waals surface area contributed by atoms with Crippen molar-refractivity contribution in [2.75, 3.05) is 5.75 Å². The van der Waals surface area contributed by atoms with E-state index in [-0.39, 0.29) is 11.5 Å². The fourth-order valence-corrected chi connectivity index (χ4v) is 1.81. The molecule has 0 saturated carbocycles. The van der Waals surface area contributed by atoms with E-state index in [0.717, 1.165) is 0 Å². The second-order valence-corrected chi connectivity index (χ2v) is 4.22. The third-order valence-electron chi connectivity index (χ3n) is 1.31. The molecule has 0 unspecified atom stereocenters. The summed E-state index contributed by atoms with van der Waals surface area (Å²) in [5.41, 5.74) is 0. The Kier molecular flexibility index (Phi) is 3.25. The molecule has 0 atom stereocenters. The highest BCUT2D eigenvalue weighted by atomic mass is 32.2. The molecule has 0 amide bonds. The highest BCUT2D eigenvalue weighted by Crippen LogP contribution is 2.10. The Morgan fingerprint density at radius 2 is 2.31 bits per heavy atom. The van der Waals surface area contributed by atoms with Crippen LogP contribution >= 0.6 is 0 Å². The van der Waals surface area contributed by atoms with Gasteiger partial charge in [-0.3, -0.25) is 4.98 Å². The van der Waals surface area contributed by atoms with Crippen molar-refractivity contribution in [2.45, 2.75) is 13.3 Å². The molecule has 0 radical (unpaired) electrons. The summed E-state index contributed by atoms with van der Waals surface area (Å²) in [7, 11) is -3.42. The molecule has 72 valence electrons. The van der Waals surface area contributed by atoms with Gasteiger partial charge in [-0.25, -0.2) is 0 Å². The zero-order valence-electron chi connectivity index (χ0n) is 7.30. The van der Waals surface area contributed by atoms with Crippen molar-refractivity contribution in [3.05, 3.63) is 24.5 Å². The Morgan fingerprint density at radius 1 is 1.54 bits per heavy atom. The highest BCUT2D eigenvalue weighted by Gasteiger charge is 2.10. The molecule has 0 aromatic carbocycles. The summed E-state index contributed by atoms with van der Waals surface area (Å²) in [5, 5.41) is 0. The van der Waals surface area contributed by atoms with Gasteiger partial charge in [0.25, 0.3) is 0 Å². The molecule has 0 spiro atoms. The van der Waals surface area contributed by atoms with E-state index in [4.69, 9.17) is 4.18 Å². The first kappa shape index (κ1) is 9.98. The minimum Gasteiger partial charge on any atom is -0.381 e. The summed E-state index contributed by atoms with van der Waals surface area (Å²) in [6, 6.07) is 3.18. The normalized spacial score (nSPS) is 11.2. The quantitative estimate of drug-likeness (QED) is 0.687. The van der Waals surface area contributed by atoms with Gasteiger partial charge in [-0.15, -0.1) is 0 Å². The first-order chi connectivity index (χ1) is 6.14. The van der Waals surface area contributed by atoms with Crippen molar-refractivity contribution >= 4 is 10.1 Å². The number of pyridine rings is 1. The van der Waals surface area contributed by atoms with Crippen LogP contribution in [0.3, 0.4) is 0 Å². The maximum absolute atomic E-state index is 11.1. The first-order valence-corrected chi connectivity index (χ1v) is 5.54. The standard InChI is InChI=1S/C8H11NO3S/c1-2-6-13(10,11)12-8-4-3-5-9-7-8/h3-5,7H,2,6H2,1H3. The lowest BCUT2D eigenvalue weighted by atomic mass is 10.5. The number of aromatic nitrogens is 1. The van der Waals surface area contributed by atoms with Crippen molar-refractivity contribution in [3.63, 3.8) is 0 Å². The second-order valence-electron chi connectivity index (χ2n) is 2.53. The predicted octanol–water partition coefficient (Wildman–Crippen LogP) is 1.20. The topological polar surface area (TPSA) is 56.3 Å². The van der Waals surface area contributed by atoms with Crippen LogP contribution in [0.5, 0.6) is 5.75 Å². The van der Waals surface area contributed by atoms with Gasteiger partial charge in [-0.2, -0.15) is 8.42 Å². The maximum atomic E-state index is 11.1. The van der Waals surface area contributed by atoms with Crippen LogP contribution in [0.1, 0.15) is 13.3 Å². The van der Waals surface area contributed by atoms with Crippen LogP contribution in [0.15, 0.2) is 24.5 Å². The fraction of sp³-hybridized carbons (Fsp3) is 0.375. The van der Waals surface area contributed by atoms with Crippen LogP contribution in [-0.2, 0) is 10.1 Å². The molecule has 5 heteroatoms. The van der Waals surface area contributed by atoms with E-state index < -0.39 is 10.1 Å². The van der Waals surface area contributed by atoms with Crippen LogP contribution < -0.4 is 4.18 Å². The largest absolute Gasteiger partial charge is 0.381 e. The molecular weight excluding hydrogens is 190 g/mol. The van der Waals surface area contributed by atoms with E-state index in [1.807, 2.05) is 0 Å². The monoisotopic (exact) mass is 201 g/mol. The molecule has 13 heavy (non-hydrogen) atoms. The summed E-state index contributed by atoms with van der Waals surface area (Å²) in [4.78, 5) is 3.74. The van der Waals surface area contributed by atoms with Gasteiger partial charge in [0.2, 0.25) is 0 Å². The zero-order valence-corrected chi connectivity index (χ0v) is 8.12. The zero-order chi connectivity index (χ0) is 9.73. The fourth-order valence-electron chi connectivity index (χ4n) is 0.835. The molecule has 0 saturated heterocycles. The Morgan fingerprint density at radius 3 is 2.85 bits per heavy atom. The molecule has 1 aromatic rings. The van der Waals surface area contributed by atoms with E-state index in [0.29, 0.717) is 6.42 Å². The molecule has 0 fully saturated rings. The number of rotatable bonds is 4. The maximum Gasteiger partial charge on any atom is 0.309 e. The average Bonchev–Trinajstić information content (AvgIpc) is 2.04. The van der Waals surface area contributed by atoms with Gasteiger partial charge >= 0.3 is 10.1 Å². The lowest BCUT2D eigenvalue weighted by molar-refractivity contribution is 0.484. The van der Waals surface area contributed by atoms with Crippen molar-refractivity contribution in [1.29, 1.82) is 0 Å². The van der Waals surface area contributed by atoms with E-state index in [1.165, 1.54) is 6.20 Å². The summed E-state index contributed by atoms with van der Waals surface area (Å²) in [6.07, 6.45) is 3.47. The number of nitrogens with zero attached hydrogens (tertiary/aromatic N) is 1. The highest BCUT2D eigenvalue weighted by molar-refractivity contribution is 7.87. The predicted molar refractivity (Wildman–Crippen MR) is 48.9 cm³/mol. The van der Waals surface area contributed by atoms with Crippen LogP contribution in [-0.4, -0.2) is 19.2 Å². The third-order valence-corrected chi connectivity index (χ3v) is 2.67. The Bertz CT molecular complexity index is 347. The second kappa shape index (κ2) is 4.23. The van der Waals surface area contributed by atoms with Gasteiger partial charge in [0, 0.05) is 6.20 Å². The Labute approximate surface area is 77.7 Å². The molecule has 4 nitrogen and oxygen atoms in total. The average molecular weight is 201 g/mol. The third kappa shape index (κ3) is 3.42. The molecule has 0 bridgehead atoms. The van der Waals surface area contributed by atoms with E-state index >= 15 is 0 Å².